The van der Waals surface area contributed by atoms with Crippen molar-refractivity contribution < 1.29 is 4.79 Å². The van der Waals surface area contributed by atoms with E-state index in [1.54, 1.807) is 24.3 Å². The molecule has 2 aromatic carbocycles. The number of nitrogens with one attached hydrogen (secondary N) is 2. The lowest BCUT2D eigenvalue weighted by Crippen LogP contribution is -2.27. The molecule has 4 N–H and O–H groups in total. The lowest BCUT2D eigenvalue weighted by molar-refractivity contribution is 0.100. The van der Waals surface area contributed by atoms with Crippen molar-refractivity contribution in [2.45, 2.75) is 13.5 Å². The molecule has 5 heteroatoms. The lowest BCUT2D eigenvalue weighted by atomic mass is 10.1. The average Bonchev–Trinajstić information content (AvgIpc) is 2.47. The fourth-order valence-electron chi connectivity index (χ4n) is 1.78. The number of aryl methyl sites for hydroxylation is 1. The van der Waals surface area contributed by atoms with Crippen LogP contribution in [0, 0.1) is 6.92 Å². The highest BCUT2D eigenvalue weighted by atomic mass is 32.1. The minimum Gasteiger partial charge on any atom is -0.366 e. The van der Waals surface area contributed by atoms with Crippen molar-refractivity contribution >= 4 is 28.9 Å². The number of carbonyl (C=O) groups excluding carboxylic acids is 1. The standard InChI is InChI=1S/C16H17N3OS/c1-11-2-4-12(5-3-11)10-18-16(21)19-14-8-6-13(7-9-14)15(17)20/h2-9H,10H2,1H3,(H2,17,20)(H2,18,19,21). The van der Waals surface area contributed by atoms with E-state index in [1.807, 2.05) is 0 Å². The monoisotopic (exact) mass is 299 g/mol. The Morgan fingerprint density at radius 3 is 2.29 bits per heavy atom. The van der Waals surface area contributed by atoms with Crippen LogP contribution in [0.5, 0.6) is 0 Å². The van der Waals surface area contributed by atoms with Gasteiger partial charge in [0.2, 0.25) is 5.91 Å². The van der Waals surface area contributed by atoms with Crippen LogP contribution in [0.1, 0.15) is 21.5 Å². The van der Waals surface area contributed by atoms with E-state index in [9.17, 15) is 4.79 Å². The Kier molecular flexibility index (Phi) is 4.90. The molecule has 0 aliphatic heterocycles. The Morgan fingerprint density at radius 2 is 1.71 bits per heavy atom. The molecule has 0 saturated heterocycles. The first-order chi connectivity index (χ1) is 10.0. The Labute approximate surface area is 129 Å². The van der Waals surface area contributed by atoms with E-state index in [2.05, 4.69) is 41.8 Å². The maximum atomic E-state index is 11.0. The first kappa shape index (κ1) is 15.0. The number of anilines is 1. The van der Waals surface area contributed by atoms with Gasteiger partial charge in [-0.25, -0.2) is 0 Å². The zero-order valence-electron chi connectivity index (χ0n) is 11.7. The van der Waals surface area contributed by atoms with Gasteiger partial charge in [0.25, 0.3) is 0 Å². The Balaban J connectivity index is 1.86. The molecule has 0 unspecified atom stereocenters. The van der Waals surface area contributed by atoms with Crippen LogP contribution in [0.4, 0.5) is 5.69 Å². The highest BCUT2D eigenvalue weighted by molar-refractivity contribution is 7.80. The first-order valence-electron chi connectivity index (χ1n) is 6.55. The lowest BCUT2D eigenvalue weighted by Gasteiger charge is -2.11. The number of carbonyl (C=O) groups is 1. The molecule has 0 heterocycles. The number of hydrogen-bond donors (Lipinski definition) is 3. The number of nitrogens with two attached hydrogens (primary N) is 1. The summed E-state index contributed by atoms with van der Waals surface area (Å²) in [5.41, 5.74) is 8.86. The highest BCUT2D eigenvalue weighted by Gasteiger charge is 2.01. The summed E-state index contributed by atoms with van der Waals surface area (Å²) < 4.78 is 0. The van der Waals surface area contributed by atoms with Gasteiger partial charge in [0.1, 0.15) is 0 Å². The van der Waals surface area contributed by atoms with Gasteiger partial charge in [0.15, 0.2) is 5.11 Å². The minimum absolute atomic E-state index is 0.443. The summed E-state index contributed by atoms with van der Waals surface area (Å²) in [6.07, 6.45) is 0. The van der Waals surface area contributed by atoms with Gasteiger partial charge in [-0.1, -0.05) is 29.8 Å². The number of primary amides is 1. The normalized spacial score (nSPS) is 9.95. The molecular weight excluding hydrogens is 282 g/mol. The largest absolute Gasteiger partial charge is 0.366 e. The van der Waals surface area contributed by atoms with Crippen molar-refractivity contribution in [3.8, 4) is 0 Å². The molecule has 2 rings (SSSR count). The summed E-state index contributed by atoms with van der Waals surface area (Å²) in [5.74, 6) is -0.443. The molecule has 2 aromatic rings. The second kappa shape index (κ2) is 6.85. The summed E-state index contributed by atoms with van der Waals surface area (Å²) >= 11 is 5.23. The number of rotatable bonds is 4. The highest BCUT2D eigenvalue weighted by Crippen LogP contribution is 2.09. The topological polar surface area (TPSA) is 67.2 Å². The van der Waals surface area contributed by atoms with Crippen molar-refractivity contribution in [1.82, 2.24) is 5.32 Å². The van der Waals surface area contributed by atoms with Crippen LogP contribution in [0.2, 0.25) is 0 Å². The van der Waals surface area contributed by atoms with Gasteiger partial charge in [-0.05, 0) is 49.0 Å². The maximum absolute atomic E-state index is 11.0. The molecule has 0 aliphatic carbocycles. The zero-order valence-corrected chi connectivity index (χ0v) is 12.5. The molecule has 0 radical (unpaired) electrons. The van der Waals surface area contributed by atoms with E-state index < -0.39 is 5.91 Å². The molecule has 0 aliphatic rings. The molecule has 1 amide bonds. The second-order valence-electron chi connectivity index (χ2n) is 4.73. The van der Waals surface area contributed by atoms with Crippen LogP contribution in [0.25, 0.3) is 0 Å². The molecule has 0 bridgehead atoms. The van der Waals surface area contributed by atoms with Crippen molar-refractivity contribution in [3.63, 3.8) is 0 Å². The summed E-state index contributed by atoms with van der Waals surface area (Å²) in [4.78, 5) is 11.0. The number of amides is 1. The second-order valence-corrected chi connectivity index (χ2v) is 5.14. The van der Waals surface area contributed by atoms with Crippen LogP contribution in [-0.4, -0.2) is 11.0 Å². The third-order valence-electron chi connectivity index (χ3n) is 3.00. The van der Waals surface area contributed by atoms with Gasteiger partial charge in [-0.15, -0.1) is 0 Å². The maximum Gasteiger partial charge on any atom is 0.248 e. The van der Waals surface area contributed by atoms with Gasteiger partial charge in [-0.3, -0.25) is 4.79 Å². The third kappa shape index (κ3) is 4.57. The average molecular weight is 299 g/mol. The fourth-order valence-corrected chi connectivity index (χ4v) is 1.97. The Morgan fingerprint density at radius 1 is 1.10 bits per heavy atom. The molecule has 0 fully saturated rings. The smallest absolute Gasteiger partial charge is 0.248 e. The van der Waals surface area contributed by atoms with Crippen LogP contribution in [-0.2, 0) is 6.54 Å². The quantitative estimate of drug-likeness (QED) is 0.759. The third-order valence-corrected chi connectivity index (χ3v) is 3.25. The molecule has 108 valence electrons. The van der Waals surface area contributed by atoms with Gasteiger partial charge in [-0.2, -0.15) is 0 Å². The van der Waals surface area contributed by atoms with E-state index in [0.717, 1.165) is 11.3 Å². The Bertz CT molecular complexity index is 636. The Hall–Kier alpha value is -2.40. The number of benzene rings is 2. The van der Waals surface area contributed by atoms with E-state index in [-0.39, 0.29) is 0 Å². The van der Waals surface area contributed by atoms with E-state index in [1.165, 1.54) is 5.56 Å². The number of thiocarbonyl (C=S) groups is 1. The predicted octanol–water partition coefficient (Wildman–Crippen LogP) is 2.58. The van der Waals surface area contributed by atoms with Gasteiger partial charge in [0.05, 0.1) is 0 Å². The zero-order chi connectivity index (χ0) is 15.2. The summed E-state index contributed by atoms with van der Waals surface area (Å²) in [6, 6.07) is 15.1. The van der Waals surface area contributed by atoms with E-state index in [0.29, 0.717) is 17.2 Å². The van der Waals surface area contributed by atoms with Gasteiger partial charge in [0, 0.05) is 17.8 Å². The molecule has 21 heavy (non-hydrogen) atoms. The molecule has 0 spiro atoms. The van der Waals surface area contributed by atoms with Crippen molar-refractivity contribution in [2.75, 3.05) is 5.32 Å². The van der Waals surface area contributed by atoms with Crippen LogP contribution in [0.3, 0.4) is 0 Å². The molecule has 4 nitrogen and oxygen atoms in total. The molecule has 0 aromatic heterocycles. The number of hydrogen-bond acceptors (Lipinski definition) is 2. The molecule has 0 atom stereocenters. The van der Waals surface area contributed by atoms with E-state index >= 15 is 0 Å². The van der Waals surface area contributed by atoms with Gasteiger partial charge < -0.3 is 16.4 Å². The molecular formula is C16H17N3OS. The van der Waals surface area contributed by atoms with E-state index in [4.69, 9.17) is 18.0 Å². The van der Waals surface area contributed by atoms with Gasteiger partial charge >= 0.3 is 0 Å². The minimum atomic E-state index is -0.443. The SMILES string of the molecule is Cc1ccc(CNC(=S)Nc2ccc(C(N)=O)cc2)cc1. The predicted molar refractivity (Wildman–Crippen MR) is 89.2 cm³/mol. The summed E-state index contributed by atoms with van der Waals surface area (Å²) in [7, 11) is 0. The van der Waals surface area contributed by atoms with Crippen molar-refractivity contribution in [3.05, 3.63) is 65.2 Å². The summed E-state index contributed by atoms with van der Waals surface area (Å²) in [5, 5.41) is 6.72. The molecule has 0 saturated carbocycles. The van der Waals surface area contributed by atoms with Crippen LogP contribution in [0.15, 0.2) is 48.5 Å². The van der Waals surface area contributed by atoms with Crippen molar-refractivity contribution in [1.29, 1.82) is 0 Å². The summed E-state index contributed by atoms with van der Waals surface area (Å²) in [6.45, 7) is 2.71. The van der Waals surface area contributed by atoms with Crippen molar-refractivity contribution in [2.24, 2.45) is 5.73 Å². The first-order valence-corrected chi connectivity index (χ1v) is 6.96. The van der Waals surface area contributed by atoms with Crippen LogP contribution < -0.4 is 16.4 Å². The van der Waals surface area contributed by atoms with Crippen LogP contribution >= 0.6 is 12.2 Å². The fraction of sp³-hybridized carbons (Fsp3) is 0.125.